The smallest absolute Gasteiger partial charge is 0.447 e. The van der Waals surface area contributed by atoms with Crippen molar-refractivity contribution in [2.75, 3.05) is 145 Å². The number of nitro benzene ring substituents is 1. The van der Waals surface area contributed by atoms with Crippen LogP contribution in [-0.2, 0) is 23.7 Å². The molecule has 0 saturated carbocycles. The van der Waals surface area contributed by atoms with Crippen molar-refractivity contribution in [1.29, 1.82) is 0 Å². The molecule has 0 radical (unpaired) electrons. The number of nitrogens with zero attached hydrogens (tertiary/aromatic N) is 9. The summed E-state index contributed by atoms with van der Waals surface area (Å²) in [5.74, 6) is 0.355. The lowest BCUT2D eigenvalue weighted by Gasteiger charge is -2.34. The molecule has 22 heteroatoms. The maximum Gasteiger partial charge on any atom is 0.514 e. The van der Waals surface area contributed by atoms with Crippen LogP contribution in [0.1, 0.15) is 89.5 Å². The molecule has 0 spiro atoms. The fourth-order valence-corrected chi connectivity index (χ4v) is 6.56. The second kappa shape index (κ2) is 38.6. The van der Waals surface area contributed by atoms with Crippen LogP contribution in [-0.4, -0.2) is 244 Å². The fourth-order valence-electron chi connectivity index (χ4n) is 6.56. The minimum absolute atomic E-state index is 0.0212. The van der Waals surface area contributed by atoms with Crippen molar-refractivity contribution in [3.63, 3.8) is 0 Å². The Morgan fingerprint density at radius 1 is 0.528 bits per heavy atom. The highest BCUT2D eigenvalue weighted by atomic mass is 16.7. The number of likely N-dealkylation sites (N-methyl/N-ethyl adjacent to an activating group) is 3. The summed E-state index contributed by atoms with van der Waals surface area (Å²) in [4.78, 5) is 82.7. The van der Waals surface area contributed by atoms with E-state index in [1.54, 1.807) is 33.4 Å². The van der Waals surface area contributed by atoms with E-state index in [1.165, 1.54) is 57.0 Å². The molecule has 0 aliphatic carbocycles. The molecule has 4 saturated heterocycles. The molecular formula is C50H94N10O12. The number of ether oxygens (including phenoxy) is 5. The van der Waals surface area contributed by atoms with Gasteiger partial charge in [-0.2, -0.15) is 0 Å². The second-order valence-corrected chi connectivity index (χ2v) is 18.5. The van der Waals surface area contributed by atoms with Gasteiger partial charge in [-0.25, -0.2) is 19.2 Å². The maximum absolute atomic E-state index is 11.6. The van der Waals surface area contributed by atoms with Crippen molar-refractivity contribution in [3.05, 3.63) is 34.4 Å². The van der Waals surface area contributed by atoms with Gasteiger partial charge in [0.15, 0.2) is 0 Å². The van der Waals surface area contributed by atoms with Crippen LogP contribution in [0.2, 0.25) is 0 Å². The molecular weight excluding hydrogens is 933 g/mol. The number of hydrogen-bond donors (Lipinski definition) is 1. The first-order chi connectivity index (χ1) is 34.0. The summed E-state index contributed by atoms with van der Waals surface area (Å²) in [7, 11) is 6.27. The largest absolute Gasteiger partial charge is 0.514 e. The standard InChI is InChI=1S/C11H20N2O3.C10H11NO5.2C9H18N2O2.C6H15N.C5H12N2/c1-4-10(14)12-5-7-13(8-6-12)11(15)16-9(2)3;1-7(2)15-10(12)16-9-5-3-8(4-6-9)11(13)14;2*1-8(2)13-9(12)11-6-4-10(3)5-7-11;1-4-7(5-2)6-3;1-7-4-2-6-3-5-7/h9H,4-8H2,1-3H3;3-7H,1-2H3;2*8H,4-7H2,1-3H3;4-6H2,1-3H3;6H,2-5H2,1H3. The summed E-state index contributed by atoms with van der Waals surface area (Å²) in [5, 5.41) is 13.6. The second-order valence-electron chi connectivity index (χ2n) is 18.5. The van der Waals surface area contributed by atoms with Crippen LogP contribution in [0, 0.1) is 10.1 Å². The normalized spacial score (nSPS) is 16.3. The Labute approximate surface area is 431 Å². The average molecular weight is 1030 g/mol. The van der Waals surface area contributed by atoms with Crippen LogP contribution >= 0.6 is 0 Å². The Hall–Kier alpha value is -5.03. The molecule has 0 atom stereocenters. The van der Waals surface area contributed by atoms with Crippen LogP contribution in [0.5, 0.6) is 5.75 Å². The molecule has 0 unspecified atom stereocenters. The minimum atomic E-state index is -0.830. The zero-order valence-corrected chi connectivity index (χ0v) is 46.7. The Morgan fingerprint density at radius 3 is 1.11 bits per heavy atom. The van der Waals surface area contributed by atoms with Gasteiger partial charge in [0.05, 0.1) is 29.3 Å². The number of amides is 4. The number of hydrogen-bond acceptors (Lipinski definition) is 17. The van der Waals surface area contributed by atoms with Crippen molar-refractivity contribution < 1.29 is 52.6 Å². The van der Waals surface area contributed by atoms with Crippen molar-refractivity contribution in [2.24, 2.45) is 0 Å². The van der Waals surface area contributed by atoms with Gasteiger partial charge in [0.2, 0.25) is 5.91 Å². The van der Waals surface area contributed by atoms with E-state index < -0.39 is 11.1 Å². The van der Waals surface area contributed by atoms with E-state index in [0.717, 1.165) is 65.4 Å². The lowest BCUT2D eigenvalue weighted by atomic mass is 10.3. The first kappa shape index (κ1) is 67.0. The molecule has 4 fully saturated rings. The number of nitro groups is 1. The summed E-state index contributed by atoms with van der Waals surface area (Å²) in [6, 6.07) is 5.16. The van der Waals surface area contributed by atoms with Crippen molar-refractivity contribution in [1.82, 2.24) is 44.5 Å². The van der Waals surface area contributed by atoms with Crippen molar-refractivity contribution in [2.45, 2.75) is 114 Å². The molecule has 4 aliphatic rings. The molecule has 0 bridgehead atoms. The summed E-state index contributed by atoms with van der Waals surface area (Å²) < 4.78 is 24.8. The highest BCUT2D eigenvalue weighted by Crippen LogP contribution is 2.18. The van der Waals surface area contributed by atoms with Gasteiger partial charge in [-0.3, -0.25) is 14.9 Å². The molecule has 4 aliphatic heterocycles. The summed E-state index contributed by atoms with van der Waals surface area (Å²) in [6.07, 6.45) is -1.35. The average Bonchev–Trinajstić information content (AvgIpc) is 3.33. The molecule has 1 N–H and O–H groups in total. The molecule has 4 amide bonds. The first-order valence-corrected chi connectivity index (χ1v) is 25.7. The number of piperazine rings is 4. The summed E-state index contributed by atoms with van der Waals surface area (Å²) in [5.41, 5.74) is -0.0652. The van der Waals surface area contributed by atoms with E-state index >= 15 is 0 Å². The molecule has 72 heavy (non-hydrogen) atoms. The topological polar surface area (TPSA) is 213 Å². The van der Waals surface area contributed by atoms with Gasteiger partial charge in [-0.15, -0.1) is 0 Å². The quantitative estimate of drug-likeness (QED) is 0.0932. The van der Waals surface area contributed by atoms with Crippen LogP contribution in [0.4, 0.5) is 24.9 Å². The van der Waals surface area contributed by atoms with Gasteiger partial charge in [-0.1, -0.05) is 27.7 Å². The molecule has 0 aromatic heterocycles. The number of non-ortho nitro benzene ring substituents is 1. The molecule has 5 rings (SSSR count). The molecule has 416 valence electrons. The van der Waals surface area contributed by atoms with Crippen LogP contribution in [0.25, 0.3) is 0 Å². The highest BCUT2D eigenvalue weighted by Gasteiger charge is 2.25. The lowest BCUT2D eigenvalue weighted by molar-refractivity contribution is -0.384. The number of nitrogens with one attached hydrogen (secondary N) is 1. The summed E-state index contributed by atoms with van der Waals surface area (Å²) in [6.45, 7) is 40.5. The van der Waals surface area contributed by atoms with E-state index in [0.29, 0.717) is 32.6 Å². The zero-order chi connectivity index (χ0) is 54.8. The van der Waals surface area contributed by atoms with Crippen LogP contribution < -0.4 is 10.1 Å². The number of benzene rings is 1. The number of rotatable bonds is 10. The van der Waals surface area contributed by atoms with E-state index in [-0.39, 0.29) is 60.0 Å². The third-order valence-corrected chi connectivity index (χ3v) is 11.0. The van der Waals surface area contributed by atoms with Gasteiger partial charge in [0.25, 0.3) is 5.69 Å². The zero-order valence-electron chi connectivity index (χ0n) is 46.7. The van der Waals surface area contributed by atoms with Gasteiger partial charge >= 0.3 is 24.4 Å². The van der Waals surface area contributed by atoms with Gasteiger partial charge in [-0.05, 0) is 108 Å². The van der Waals surface area contributed by atoms with Crippen LogP contribution in [0.15, 0.2) is 24.3 Å². The van der Waals surface area contributed by atoms with E-state index in [9.17, 15) is 34.1 Å². The monoisotopic (exact) mass is 1030 g/mol. The van der Waals surface area contributed by atoms with E-state index in [4.69, 9.17) is 23.7 Å². The Balaban J connectivity index is 0.000000861. The Kier molecular flexibility index (Phi) is 35.9. The van der Waals surface area contributed by atoms with Crippen molar-refractivity contribution in [3.8, 4) is 5.75 Å². The molecule has 4 heterocycles. The van der Waals surface area contributed by atoms with Gasteiger partial charge in [0, 0.05) is 123 Å². The Bertz CT molecular complexity index is 1590. The molecule has 1 aromatic rings. The highest BCUT2D eigenvalue weighted by molar-refractivity contribution is 5.76. The van der Waals surface area contributed by atoms with Gasteiger partial charge in [0.1, 0.15) is 5.75 Å². The first-order valence-electron chi connectivity index (χ1n) is 25.7. The maximum atomic E-state index is 11.6. The van der Waals surface area contributed by atoms with Crippen LogP contribution in [0.3, 0.4) is 0 Å². The Morgan fingerprint density at radius 2 is 0.847 bits per heavy atom. The minimum Gasteiger partial charge on any atom is -0.447 e. The predicted molar refractivity (Wildman–Crippen MR) is 281 cm³/mol. The van der Waals surface area contributed by atoms with Gasteiger partial charge < -0.3 is 68.2 Å². The van der Waals surface area contributed by atoms with E-state index in [2.05, 4.69) is 66.8 Å². The fraction of sp³-hybridized carbons (Fsp3) is 0.780. The van der Waals surface area contributed by atoms with Crippen molar-refractivity contribution >= 4 is 36.0 Å². The molecule has 1 aromatic carbocycles. The molecule has 22 nitrogen and oxygen atoms in total. The summed E-state index contributed by atoms with van der Waals surface area (Å²) >= 11 is 0. The van der Waals surface area contributed by atoms with E-state index in [1.807, 2.05) is 48.5 Å². The third kappa shape index (κ3) is 32.1. The lowest BCUT2D eigenvalue weighted by Crippen LogP contribution is -2.50. The number of carbonyl (C=O) groups is 5. The predicted octanol–water partition coefficient (Wildman–Crippen LogP) is 6.03. The number of carbonyl (C=O) groups excluding carboxylic acids is 5. The third-order valence-electron chi connectivity index (χ3n) is 11.0. The SMILES string of the molecule is CC(C)OC(=O)N1CCN(C)CC1.CC(C)OC(=O)N1CCN(C)CC1.CC(C)OC(=O)Oc1ccc([N+](=O)[O-])cc1.CCC(=O)N1CCN(C(=O)OC(C)C)CC1.CCN(CC)CC.CN1CCNCC1.